The quantitative estimate of drug-likeness (QED) is 0.876. The fraction of sp³-hybridized carbons (Fsp3) is 0.286. The van der Waals surface area contributed by atoms with Gasteiger partial charge < -0.3 is 9.84 Å². The summed E-state index contributed by atoms with van der Waals surface area (Å²) >= 11 is 0. The number of hydrogen-bond donors (Lipinski definition) is 1. The number of hydrogen-bond acceptors (Lipinski definition) is 4. The molecule has 1 aromatic heterocycles. The first kappa shape index (κ1) is 14.5. The van der Waals surface area contributed by atoms with E-state index in [2.05, 4.69) is 10.5 Å². The fourth-order valence-corrected chi connectivity index (χ4v) is 2.64. The topological polar surface area (TPSA) is 72.2 Å². The molecule has 1 N–H and O–H groups in total. The molecular formula is C14H16N2O3S. The van der Waals surface area contributed by atoms with Crippen LogP contribution in [-0.4, -0.2) is 21.0 Å². The zero-order valence-corrected chi connectivity index (χ0v) is 12.0. The monoisotopic (exact) mass is 292 g/mol. The number of nitrogens with one attached hydrogen (secondary N) is 1. The van der Waals surface area contributed by atoms with Crippen LogP contribution in [0, 0.1) is 6.92 Å². The third-order valence-corrected chi connectivity index (χ3v) is 3.80. The minimum absolute atomic E-state index is 0.0351. The predicted molar refractivity (Wildman–Crippen MR) is 76.2 cm³/mol. The van der Waals surface area contributed by atoms with Gasteiger partial charge >= 0.3 is 0 Å². The lowest BCUT2D eigenvalue weighted by molar-refractivity contribution is -0.118. The Morgan fingerprint density at radius 1 is 1.35 bits per heavy atom. The number of carbonyl (C=O) groups is 1. The summed E-state index contributed by atoms with van der Waals surface area (Å²) in [6.45, 7) is 2.24. The van der Waals surface area contributed by atoms with Gasteiger partial charge in [-0.15, -0.1) is 0 Å². The van der Waals surface area contributed by atoms with Gasteiger partial charge in [-0.05, 0) is 12.5 Å². The van der Waals surface area contributed by atoms with Crippen molar-refractivity contribution < 1.29 is 13.5 Å². The van der Waals surface area contributed by atoms with Crippen LogP contribution in [0.4, 0.5) is 0 Å². The molecule has 0 saturated carbocycles. The number of aryl methyl sites for hydroxylation is 1. The summed E-state index contributed by atoms with van der Waals surface area (Å²) < 4.78 is 16.8. The Hall–Kier alpha value is -1.95. The molecule has 2 aromatic rings. The maximum absolute atomic E-state index is 11.8. The van der Waals surface area contributed by atoms with Crippen molar-refractivity contribution in [3.63, 3.8) is 0 Å². The van der Waals surface area contributed by atoms with Crippen molar-refractivity contribution in [2.45, 2.75) is 19.2 Å². The van der Waals surface area contributed by atoms with Crippen LogP contribution in [0.15, 0.2) is 40.9 Å². The zero-order chi connectivity index (χ0) is 14.4. The summed E-state index contributed by atoms with van der Waals surface area (Å²) in [7, 11) is -1.29. The van der Waals surface area contributed by atoms with E-state index in [9.17, 15) is 9.00 Å². The molecular weight excluding hydrogens is 276 g/mol. The van der Waals surface area contributed by atoms with Gasteiger partial charge in [0.05, 0.1) is 11.4 Å². The normalized spacial score (nSPS) is 12.1. The number of nitrogens with zero attached hydrogens (tertiary/aromatic N) is 1. The largest absolute Gasteiger partial charge is 0.360 e. The molecule has 0 saturated heterocycles. The molecule has 0 aliphatic carbocycles. The van der Waals surface area contributed by atoms with Crippen molar-refractivity contribution in [3.05, 3.63) is 53.4 Å². The molecule has 20 heavy (non-hydrogen) atoms. The molecule has 1 atom stereocenters. The van der Waals surface area contributed by atoms with Gasteiger partial charge in [-0.25, -0.2) is 0 Å². The van der Waals surface area contributed by atoms with Gasteiger partial charge in [-0.2, -0.15) is 0 Å². The lowest BCUT2D eigenvalue weighted by atomic mass is 10.2. The van der Waals surface area contributed by atoms with E-state index in [0.717, 1.165) is 11.3 Å². The van der Waals surface area contributed by atoms with E-state index in [0.29, 0.717) is 12.3 Å². The van der Waals surface area contributed by atoms with E-state index in [1.807, 2.05) is 30.3 Å². The van der Waals surface area contributed by atoms with Gasteiger partial charge in [-0.1, -0.05) is 35.5 Å². The molecule has 5 nitrogen and oxygen atoms in total. The third kappa shape index (κ3) is 4.62. The molecule has 1 unspecified atom stereocenters. The summed E-state index contributed by atoms with van der Waals surface area (Å²) in [5, 5.41) is 6.46. The van der Waals surface area contributed by atoms with Gasteiger partial charge in [0, 0.05) is 23.4 Å². The number of rotatable bonds is 6. The zero-order valence-electron chi connectivity index (χ0n) is 11.2. The summed E-state index contributed by atoms with van der Waals surface area (Å²) in [5.74, 6) is 0.478. The highest BCUT2D eigenvalue weighted by molar-refractivity contribution is 7.84. The van der Waals surface area contributed by atoms with Crippen molar-refractivity contribution in [1.82, 2.24) is 10.5 Å². The highest BCUT2D eigenvalue weighted by atomic mass is 32.2. The molecule has 1 aromatic carbocycles. The molecule has 6 heteroatoms. The maximum atomic E-state index is 11.8. The Morgan fingerprint density at radius 2 is 2.10 bits per heavy atom. The van der Waals surface area contributed by atoms with Crippen molar-refractivity contribution in [1.29, 1.82) is 0 Å². The molecule has 2 rings (SSSR count). The van der Waals surface area contributed by atoms with E-state index in [1.165, 1.54) is 0 Å². The van der Waals surface area contributed by atoms with E-state index in [4.69, 9.17) is 4.52 Å². The SMILES string of the molecule is Cc1cc(CS(=O)CC(=O)NCc2ccccc2)on1. The van der Waals surface area contributed by atoms with E-state index >= 15 is 0 Å². The first-order valence-electron chi connectivity index (χ1n) is 6.21. The number of benzene rings is 1. The van der Waals surface area contributed by atoms with Crippen molar-refractivity contribution in [2.24, 2.45) is 0 Å². The second-order valence-electron chi connectivity index (χ2n) is 4.43. The first-order valence-corrected chi connectivity index (χ1v) is 7.70. The minimum atomic E-state index is -1.29. The highest BCUT2D eigenvalue weighted by Gasteiger charge is 2.11. The standard InChI is InChI=1S/C14H16N2O3S/c1-11-7-13(19-16-11)9-20(18)10-14(17)15-8-12-5-3-2-4-6-12/h2-7H,8-10H2,1H3,(H,15,17). The fourth-order valence-electron chi connectivity index (χ4n) is 1.69. The van der Waals surface area contributed by atoms with Crippen LogP contribution in [0.5, 0.6) is 0 Å². The molecule has 0 spiro atoms. The predicted octanol–water partition coefficient (Wildman–Crippen LogP) is 1.55. The van der Waals surface area contributed by atoms with Gasteiger partial charge in [-0.3, -0.25) is 9.00 Å². The van der Waals surface area contributed by atoms with E-state index < -0.39 is 10.8 Å². The number of aromatic nitrogens is 1. The van der Waals surface area contributed by atoms with Crippen molar-refractivity contribution in [3.8, 4) is 0 Å². The van der Waals surface area contributed by atoms with E-state index in [1.54, 1.807) is 13.0 Å². The van der Waals surface area contributed by atoms with Gasteiger partial charge in [0.2, 0.25) is 5.91 Å². The second-order valence-corrected chi connectivity index (χ2v) is 5.88. The second kappa shape index (κ2) is 7.00. The lowest BCUT2D eigenvalue weighted by Crippen LogP contribution is -2.28. The highest BCUT2D eigenvalue weighted by Crippen LogP contribution is 2.05. The maximum Gasteiger partial charge on any atom is 0.232 e. The lowest BCUT2D eigenvalue weighted by Gasteiger charge is -2.04. The van der Waals surface area contributed by atoms with Crippen LogP contribution in [-0.2, 0) is 27.9 Å². The van der Waals surface area contributed by atoms with Gasteiger partial charge in [0.15, 0.2) is 0 Å². The first-order chi connectivity index (χ1) is 9.63. The Kier molecular flexibility index (Phi) is 5.06. The molecule has 0 aliphatic rings. The smallest absolute Gasteiger partial charge is 0.232 e. The summed E-state index contributed by atoms with van der Waals surface area (Å²) in [5.41, 5.74) is 1.75. The van der Waals surface area contributed by atoms with Crippen LogP contribution in [0.1, 0.15) is 17.0 Å². The van der Waals surface area contributed by atoms with Gasteiger partial charge in [0.1, 0.15) is 11.5 Å². The summed E-state index contributed by atoms with van der Waals surface area (Å²) in [6.07, 6.45) is 0. The Morgan fingerprint density at radius 3 is 2.75 bits per heavy atom. The molecule has 0 bridgehead atoms. The van der Waals surface area contributed by atoms with E-state index in [-0.39, 0.29) is 17.4 Å². The molecule has 1 amide bonds. The average Bonchev–Trinajstić information content (AvgIpc) is 2.83. The number of amides is 1. The third-order valence-electron chi connectivity index (χ3n) is 2.60. The van der Waals surface area contributed by atoms with Gasteiger partial charge in [0.25, 0.3) is 0 Å². The van der Waals surface area contributed by atoms with Crippen LogP contribution in [0.25, 0.3) is 0 Å². The average molecular weight is 292 g/mol. The molecule has 0 aliphatic heterocycles. The van der Waals surface area contributed by atoms with Crippen molar-refractivity contribution >= 4 is 16.7 Å². The minimum Gasteiger partial charge on any atom is -0.360 e. The Balaban J connectivity index is 1.75. The summed E-state index contributed by atoms with van der Waals surface area (Å²) in [4.78, 5) is 11.7. The Labute approximate surface area is 119 Å². The van der Waals surface area contributed by atoms with Crippen LogP contribution in [0.3, 0.4) is 0 Å². The Bertz CT molecular complexity index is 595. The molecule has 106 valence electrons. The molecule has 0 fully saturated rings. The van der Waals surface area contributed by atoms with Crippen molar-refractivity contribution in [2.75, 3.05) is 5.75 Å². The van der Waals surface area contributed by atoms with Crippen LogP contribution >= 0.6 is 0 Å². The van der Waals surface area contributed by atoms with Crippen LogP contribution < -0.4 is 5.32 Å². The summed E-state index contributed by atoms with van der Waals surface area (Å²) in [6, 6.07) is 11.3. The van der Waals surface area contributed by atoms with Crippen LogP contribution in [0.2, 0.25) is 0 Å². The molecule has 1 heterocycles. The molecule has 0 radical (unpaired) electrons. The number of carbonyl (C=O) groups excluding carboxylic acids is 1.